The molecule has 4 rings (SSSR count). The lowest BCUT2D eigenvalue weighted by Gasteiger charge is -2.26. The van der Waals surface area contributed by atoms with Gasteiger partial charge in [0.05, 0.1) is 12.8 Å². The number of nitrogens with zero attached hydrogens (tertiary/aromatic N) is 1. The summed E-state index contributed by atoms with van der Waals surface area (Å²) in [6, 6.07) is 17.8. The molecule has 3 aromatic carbocycles. The van der Waals surface area contributed by atoms with E-state index in [9.17, 15) is 24.3 Å². The maximum Gasteiger partial charge on any atom is 0.335 e. The quantitative estimate of drug-likeness (QED) is 0.344. The van der Waals surface area contributed by atoms with Gasteiger partial charge in [-0.3, -0.25) is 19.7 Å². The molecule has 5 amide bonds. The Morgan fingerprint density at radius 2 is 1.69 bits per heavy atom. The third-order valence-electron chi connectivity index (χ3n) is 5.16. The minimum atomic E-state index is -0.910. The zero-order chi connectivity index (χ0) is 25.7. The van der Waals surface area contributed by atoms with E-state index in [4.69, 9.17) is 9.47 Å². The van der Waals surface area contributed by atoms with Crippen LogP contribution >= 0.6 is 0 Å². The van der Waals surface area contributed by atoms with Crippen LogP contribution in [0.1, 0.15) is 5.56 Å². The van der Waals surface area contributed by atoms with E-state index in [1.807, 2.05) is 0 Å². The van der Waals surface area contributed by atoms with Gasteiger partial charge in [0.1, 0.15) is 22.8 Å². The maximum atomic E-state index is 13.1. The second kappa shape index (κ2) is 10.4. The molecule has 0 spiro atoms. The van der Waals surface area contributed by atoms with Crippen LogP contribution in [-0.2, 0) is 14.4 Å². The molecule has 0 saturated carbocycles. The van der Waals surface area contributed by atoms with Gasteiger partial charge in [-0.25, -0.2) is 9.69 Å². The molecule has 3 N–H and O–H groups in total. The summed E-state index contributed by atoms with van der Waals surface area (Å²) in [7, 11) is 1.54. The number of urea groups is 1. The van der Waals surface area contributed by atoms with E-state index in [0.717, 1.165) is 4.90 Å². The lowest BCUT2D eigenvalue weighted by atomic mass is 10.1. The van der Waals surface area contributed by atoms with Gasteiger partial charge >= 0.3 is 6.03 Å². The Kier molecular flexibility index (Phi) is 6.96. The minimum absolute atomic E-state index is 0.0439. The van der Waals surface area contributed by atoms with E-state index in [-0.39, 0.29) is 29.4 Å². The maximum absolute atomic E-state index is 13.1. The van der Waals surface area contributed by atoms with Gasteiger partial charge in [0.25, 0.3) is 17.7 Å². The Morgan fingerprint density at radius 1 is 1.00 bits per heavy atom. The number of phenols is 1. The Morgan fingerprint density at radius 3 is 2.39 bits per heavy atom. The number of carbonyl (C=O) groups excluding carboxylic acids is 4. The van der Waals surface area contributed by atoms with Crippen LogP contribution in [0.4, 0.5) is 16.2 Å². The van der Waals surface area contributed by atoms with Crippen molar-refractivity contribution in [3.63, 3.8) is 0 Å². The first-order valence-corrected chi connectivity index (χ1v) is 10.7. The molecule has 0 unspecified atom stereocenters. The van der Waals surface area contributed by atoms with Gasteiger partial charge in [0.2, 0.25) is 0 Å². The molecule has 0 atom stereocenters. The summed E-state index contributed by atoms with van der Waals surface area (Å²) in [4.78, 5) is 51.0. The van der Waals surface area contributed by atoms with Crippen molar-refractivity contribution in [2.24, 2.45) is 0 Å². The molecule has 36 heavy (non-hydrogen) atoms. The largest absolute Gasteiger partial charge is 0.508 e. The minimum Gasteiger partial charge on any atom is -0.508 e. The Balaban J connectivity index is 1.51. The second-order valence-corrected chi connectivity index (χ2v) is 7.58. The van der Waals surface area contributed by atoms with E-state index >= 15 is 0 Å². The lowest BCUT2D eigenvalue weighted by Crippen LogP contribution is -2.54. The van der Waals surface area contributed by atoms with Crippen LogP contribution in [0.25, 0.3) is 6.08 Å². The number of ether oxygens (including phenoxy) is 2. The van der Waals surface area contributed by atoms with Crippen LogP contribution < -0.4 is 25.0 Å². The highest BCUT2D eigenvalue weighted by atomic mass is 16.5. The van der Waals surface area contributed by atoms with E-state index < -0.39 is 23.8 Å². The number of imide groups is 2. The molecule has 0 radical (unpaired) electrons. The van der Waals surface area contributed by atoms with Crippen LogP contribution in [0, 0.1) is 0 Å². The van der Waals surface area contributed by atoms with Crippen molar-refractivity contribution in [2.75, 3.05) is 23.9 Å². The number of amides is 5. The smallest absolute Gasteiger partial charge is 0.335 e. The van der Waals surface area contributed by atoms with Crippen LogP contribution in [0.2, 0.25) is 0 Å². The van der Waals surface area contributed by atoms with Gasteiger partial charge in [-0.15, -0.1) is 0 Å². The van der Waals surface area contributed by atoms with Crippen molar-refractivity contribution in [2.45, 2.75) is 0 Å². The first-order chi connectivity index (χ1) is 17.4. The van der Waals surface area contributed by atoms with E-state index in [1.165, 1.54) is 30.3 Å². The molecule has 1 aliphatic rings. The number of para-hydroxylation sites is 1. The van der Waals surface area contributed by atoms with E-state index in [0.29, 0.717) is 17.0 Å². The Labute approximate surface area is 205 Å². The highest BCUT2D eigenvalue weighted by Gasteiger charge is 2.37. The molecule has 10 nitrogen and oxygen atoms in total. The molecular formula is C26H21N3O7. The Hall–Kier alpha value is -5.12. The SMILES string of the molecule is COc1ccc(NC(=O)COc2ccccc2/C=C2/C(=O)NC(=O)N(c3ccc(O)cc3)C2=O)cc1. The molecule has 1 fully saturated rings. The normalized spacial score (nSPS) is 14.4. The lowest BCUT2D eigenvalue weighted by molar-refractivity contribution is -0.122. The van der Waals surface area contributed by atoms with E-state index in [1.54, 1.807) is 55.6 Å². The Bertz CT molecular complexity index is 1350. The number of aromatic hydroxyl groups is 1. The fraction of sp³-hybridized carbons (Fsp3) is 0.0769. The number of methoxy groups -OCH3 is 1. The van der Waals surface area contributed by atoms with Crippen molar-refractivity contribution in [1.82, 2.24) is 5.32 Å². The van der Waals surface area contributed by atoms with Crippen LogP contribution in [0.5, 0.6) is 17.2 Å². The standard InChI is InChI=1S/C26H21N3O7/c1-35-20-12-6-17(7-13-20)27-23(31)15-36-22-5-3-2-4-16(22)14-21-24(32)28-26(34)29(25(21)33)18-8-10-19(30)11-9-18/h2-14,30H,15H2,1H3,(H,27,31)(H,28,32,34)/b21-14-. The third-order valence-corrected chi connectivity index (χ3v) is 5.16. The number of rotatable bonds is 7. The van der Waals surface area contributed by atoms with Gasteiger partial charge in [-0.1, -0.05) is 18.2 Å². The zero-order valence-corrected chi connectivity index (χ0v) is 19.1. The topological polar surface area (TPSA) is 134 Å². The fourth-order valence-electron chi connectivity index (χ4n) is 3.40. The van der Waals surface area contributed by atoms with Crippen LogP contribution in [0.3, 0.4) is 0 Å². The molecule has 0 bridgehead atoms. The van der Waals surface area contributed by atoms with Crippen molar-refractivity contribution in [3.05, 3.63) is 83.9 Å². The van der Waals surface area contributed by atoms with Crippen LogP contribution in [-0.4, -0.2) is 42.6 Å². The highest BCUT2D eigenvalue weighted by molar-refractivity contribution is 6.39. The number of carbonyl (C=O) groups is 4. The molecule has 182 valence electrons. The summed E-state index contributed by atoms with van der Waals surface area (Å²) in [5.74, 6) is -1.27. The summed E-state index contributed by atoms with van der Waals surface area (Å²) < 4.78 is 10.7. The summed E-state index contributed by atoms with van der Waals surface area (Å²) in [5, 5.41) is 14.3. The van der Waals surface area contributed by atoms with Crippen molar-refractivity contribution >= 4 is 41.2 Å². The second-order valence-electron chi connectivity index (χ2n) is 7.58. The fourth-order valence-corrected chi connectivity index (χ4v) is 3.40. The summed E-state index contributed by atoms with van der Waals surface area (Å²) in [6.07, 6.45) is 1.29. The predicted molar refractivity (Wildman–Crippen MR) is 131 cm³/mol. The molecule has 10 heteroatoms. The molecule has 3 aromatic rings. The average molecular weight is 487 g/mol. The molecule has 0 aliphatic carbocycles. The van der Waals surface area contributed by atoms with Crippen molar-refractivity contribution in [1.29, 1.82) is 0 Å². The first kappa shape index (κ1) is 24.0. The first-order valence-electron chi connectivity index (χ1n) is 10.7. The van der Waals surface area contributed by atoms with Gasteiger partial charge in [-0.2, -0.15) is 0 Å². The number of nitrogens with one attached hydrogen (secondary N) is 2. The van der Waals surface area contributed by atoms with Gasteiger partial charge < -0.3 is 19.9 Å². The average Bonchev–Trinajstić information content (AvgIpc) is 2.87. The number of barbiturate groups is 1. The number of hydrogen-bond donors (Lipinski definition) is 3. The monoisotopic (exact) mass is 487 g/mol. The third kappa shape index (κ3) is 5.33. The predicted octanol–water partition coefficient (Wildman–Crippen LogP) is 3.08. The van der Waals surface area contributed by atoms with Gasteiger partial charge in [0.15, 0.2) is 6.61 Å². The highest BCUT2D eigenvalue weighted by Crippen LogP contribution is 2.26. The molecule has 1 saturated heterocycles. The summed E-state index contributed by atoms with van der Waals surface area (Å²) in [6.45, 7) is -0.329. The van der Waals surface area contributed by atoms with Gasteiger partial charge in [0, 0.05) is 11.3 Å². The molecule has 0 aromatic heterocycles. The van der Waals surface area contributed by atoms with Crippen LogP contribution in [0.15, 0.2) is 78.4 Å². The number of phenolic OH excluding ortho intramolecular Hbond substituents is 1. The number of benzene rings is 3. The summed E-state index contributed by atoms with van der Waals surface area (Å²) in [5.41, 5.74) is 0.784. The van der Waals surface area contributed by atoms with Crippen molar-refractivity contribution in [3.8, 4) is 17.2 Å². The van der Waals surface area contributed by atoms with Gasteiger partial charge in [-0.05, 0) is 60.7 Å². The van der Waals surface area contributed by atoms with E-state index in [2.05, 4.69) is 10.6 Å². The number of hydrogen-bond acceptors (Lipinski definition) is 7. The summed E-state index contributed by atoms with van der Waals surface area (Å²) >= 11 is 0. The molecule has 1 heterocycles. The number of anilines is 2. The molecular weight excluding hydrogens is 466 g/mol. The molecule has 1 aliphatic heterocycles. The zero-order valence-electron chi connectivity index (χ0n) is 19.1. The van der Waals surface area contributed by atoms with Crippen molar-refractivity contribution < 1.29 is 33.8 Å².